The highest BCUT2D eigenvalue weighted by Gasteiger charge is 2.49. The van der Waals surface area contributed by atoms with Crippen molar-refractivity contribution in [1.82, 2.24) is 9.80 Å². The third-order valence-corrected chi connectivity index (χ3v) is 12.9. The number of morpholine rings is 1. The molecular formula is C31H49N3O9Si. The Kier molecular flexibility index (Phi) is 10.9. The number of hydrogen-bond acceptors (Lipinski definition) is 11. The molecule has 0 aliphatic carbocycles. The van der Waals surface area contributed by atoms with Crippen LogP contribution in [-0.2, 0) is 19.7 Å². The van der Waals surface area contributed by atoms with Gasteiger partial charge < -0.3 is 33.2 Å². The van der Waals surface area contributed by atoms with Gasteiger partial charge in [-0.3, -0.25) is 4.90 Å². The first-order chi connectivity index (χ1) is 20.4. The van der Waals surface area contributed by atoms with Crippen LogP contribution in [0.15, 0.2) is 12.1 Å². The molecule has 12 nitrogen and oxygen atoms in total. The number of nitriles is 1. The summed E-state index contributed by atoms with van der Waals surface area (Å²) in [5, 5.41) is 22.7. The van der Waals surface area contributed by atoms with Crippen LogP contribution in [0.1, 0.15) is 59.9 Å². The van der Waals surface area contributed by atoms with Crippen LogP contribution in [0.5, 0.6) is 17.2 Å². The summed E-state index contributed by atoms with van der Waals surface area (Å²) >= 11 is 0. The maximum absolute atomic E-state index is 12.8. The lowest BCUT2D eigenvalue weighted by molar-refractivity contribution is -0.0595. The molecule has 0 saturated carbocycles. The Bertz CT molecular complexity index is 1210. The molecule has 44 heavy (non-hydrogen) atoms. The van der Waals surface area contributed by atoms with Crippen molar-refractivity contribution in [3.8, 4) is 23.3 Å². The minimum Gasteiger partial charge on any atom is -0.539 e. The van der Waals surface area contributed by atoms with E-state index in [0.717, 1.165) is 4.90 Å². The average Bonchev–Trinajstić information content (AvgIpc) is 3.32. The third-order valence-electron chi connectivity index (χ3n) is 8.55. The molecule has 1 aromatic rings. The molecule has 3 rings (SSSR count). The van der Waals surface area contributed by atoms with E-state index in [-0.39, 0.29) is 24.5 Å². The largest absolute Gasteiger partial charge is 0.539 e. The Labute approximate surface area is 262 Å². The number of hydrogen-bond donors (Lipinski definition) is 1. The Hall–Kier alpha value is -3.05. The Morgan fingerprint density at radius 3 is 2.16 bits per heavy atom. The number of cyclic esters (lactones) is 1. The van der Waals surface area contributed by atoms with E-state index in [1.54, 1.807) is 32.9 Å². The summed E-state index contributed by atoms with van der Waals surface area (Å²) in [6, 6.07) is 5.20. The lowest BCUT2D eigenvalue weighted by Gasteiger charge is -2.44. The predicted octanol–water partition coefficient (Wildman–Crippen LogP) is 5.04. The van der Waals surface area contributed by atoms with Crippen LogP contribution in [0.25, 0.3) is 0 Å². The molecule has 1 aromatic carbocycles. The monoisotopic (exact) mass is 635 g/mol. The molecule has 2 saturated heterocycles. The molecule has 3 atom stereocenters. The Morgan fingerprint density at radius 2 is 1.68 bits per heavy atom. The topological polar surface area (TPSA) is 140 Å². The van der Waals surface area contributed by atoms with Crippen molar-refractivity contribution >= 4 is 20.5 Å². The summed E-state index contributed by atoms with van der Waals surface area (Å²) in [4.78, 5) is 28.1. The molecule has 2 heterocycles. The van der Waals surface area contributed by atoms with Crippen molar-refractivity contribution in [3.63, 3.8) is 0 Å². The smallest absolute Gasteiger partial charge is 0.420 e. The summed E-state index contributed by atoms with van der Waals surface area (Å²) in [6.45, 7) is 17.3. The molecule has 2 fully saturated rings. The van der Waals surface area contributed by atoms with Crippen molar-refractivity contribution in [2.45, 2.75) is 95.8 Å². The lowest BCUT2D eigenvalue weighted by atomic mass is 9.80. The highest BCUT2D eigenvalue weighted by molar-refractivity contribution is 6.74. The van der Waals surface area contributed by atoms with Gasteiger partial charge in [-0.1, -0.05) is 20.8 Å². The van der Waals surface area contributed by atoms with E-state index in [2.05, 4.69) is 39.9 Å². The quantitative estimate of drug-likeness (QED) is 0.346. The number of ether oxygens (including phenoxy) is 5. The van der Waals surface area contributed by atoms with Crippen molar-refractivity contribution in [3.05, 3.63) is 17.7 Å². The van der Waals surface area contributed by atoms with Gasteiger partial charge in [-0.05, 0) is 69.4 Å². The molecular weight excluding hydrogens is 586 g/mol. The maximum atomic E-state index is 12.8. The SMILES string of the molecule is COc1cc(C(C#N)(C(O)CCC2COC(=O)N2C(=O)OC(C)(C)C)N2CCOCC2)cc(OC)c1O[Si](C)(C)C(C)(C)C. The summed E-state index contributed by atoms with van der Waals surface area (Å²) in [5.74, 6) is 1.22. The fourth-order valence-electron chi connectivity index (χ4n) is 5.09. The molecule has 0 bridgehead atoms. The average molecular weight is 636 g/mol. The highest BCUT2D eigenvalue weighted by Crippen LogP contribution is 2.48. The van der Waals surface area contributed by atoms with E-state index in [4.69, 9.17) is 28.1 Å². The zero-order valence-electron chi connectivity index (χ0n) is 27.8. The molecule has 0 radical (unpaired) electrons. The number of carbonyl (C=O) groups is 2. The normalized spacial score (nSPS) is 20.3. The third kappa shape index (κ3) is 7.42. The van der Waals surface area contributed by atoms with E-state index < -0.39 is 43.8 Å². The molecule has 1 N–H and O–H groups in total. The van der Waals surface area contributed by atoms with Gasteiger partial charge in [-0.2, -0.15) is 5.26 Å². The van der Waals surface area contributed by atoms with Crippen LogP contribution in [0.2, 0.25) is 18.1 Å². The number of nitrogens with zero attached hydrogens (tertiary/aromatic N) is 3. The molecule has 3 unspecified atom stereocenters. The van der Waals surface area contributed by atoms with Gasteiger partial charge in [0.15, 0.2) is 22.8 Å². The zero-order chi connectivity index (χ0) is 33.1. The van der Waals surface area contributed by atoms with Crippen LogP contribution in [0.4, 0.5) is 9.59 Å². The molecule has 2 aliphatic rings. The van der Waals surface area contributed by atoms with Gasteiger partial charge >= 0.3 is 12.2 Å². The number of aliphatic hydroxyl groups excluding tert-OH is 1. The van der Waals surface area contributed by atoms with Crippen molar-refractivity contribution in [1.29, 1.82) is 5.26 Å². The van der Waals surface area contributed by atoms with Crippen LogP contribution in [-0.4, -0.2) is 100 Å². The molecule has 0 aromatic heterocycles. The zero-order valence-corrected chi connectivity index (χ0v) is 28.8. The van der Waals surface area contributed by atoms with Gasteiger partial charge in [0.25, 0.3) is 8.32 Å². The van der Waals surface area contributed by atoms with Gasteiger partial charge in [0.05, 0.1) is 45.6 Å². The van der Waals surface area contributed by atoms with Gasteiger partial charge in [0.2, 0.25) is 0 Å². The van der Waals surface area contributed by atoms with Gasteiger partial charge in [-0.15, -0.1) is 0 Å². The van der Waals surface area contributed by atoms with Gasteiger partial charge in [-0.25, -0.2) is 14.5 Å². The second kappa shape index (κ2) is 13.5. The summed E-state index contributed by atoms with van der Waals surface area (Å²) < 4.78 is 34.4. The number of methoxy groups -OCH3 is 2. The van der Waals surface area contributed by atoms with Gasteiger partial charge in [0, 0.05) is 13.1 Å². The van der Waals surface area contributed by atoms with Crippen LogP contribution >= 0.6 is 0 Å². The fourth-order valence-corrected chi connectivity index (χ4v) is 6.10. The highest BCUT2D eigenvalue weighted by atomic mass is 28.4. The second-order valence-corrected chi connectivity index (χ2v) is 18.4. The maximum Gasteiger partial charge on any atom is 0.420 e. The molecule has 0 spiro atoms. The summed E-state index contributed by atoms with van der Waals surface area (Å²) in [7, 11) is 0.738. The van der Waals surface area contributed by atoms with Crippen LogP contribution < -0.4 is 13.9 Å². The molecule has 13 heteroatoms. The fraction of sp³-hybridized carbons (Fsp3) is 0.710. The van der Waals surface area contributed by atoms with Crippen LogP contribution in [0, 0.1) is 11.3 Å². The predicted molar refractivity (Wildman–Crippen MR) is 166 cm³/mol. The van der Waals surface area contributed by atoms with E-state index in [1.807, 2.05) is 4.90 Å². The Morgan fingerprint density at radius 1 is 1.11 bits per heavy atom. The number of benzene rings is 1. The van der Waals surface area contributed by atoms with E-state index in [0.29, 0.717) is 49.1 Å². The first-order valence-electron chi connectivity index (χ1n) is 15.0. The number of imide groups is 1. The van der Waals surface area contributed by atoms with E-state index in [1.165, 1.54) is 14.2 Å². The number of rotatable bonds is 10. The first-order valence-corrected chi connectivity index (χ1v) is 17.9. The Balaban J connectivity index is 2.03. The van der Waals surface area contributed by atoms with Crippen molar-refractivity contribution < 1.29 is 42.8 Å². The molecule has 2 aliphatic heterocycles. The van der Waals surface area contributed by atoms with Crippen LogP contribution in [0.3, 0.4) is 0 Å². The minimum atomic E-state index is -2.31. The van der Waals surface area contributed by atoms with Gasteiger partial charge in [0.1, 0.15) is 12.2 Å². The van der Waals surface area contributed by atoms with Crippen molar-refractivity contribution in [2.75, 3.05) is 47.1 Å². The lowest BCUT2D eigenvalue weighted by Crippen LogP contribution is -2.57. The molecule has 2 amide bonds. The summed E-state index contributed by atoms with van der Waals surface area (Å²) in [6.07, 6.45) is -2.61. The second-order valence-electron chi connectivity index (χ2n) is 13.7. The van der Waals surface area contributed by atoms with E-state index >= 15 is 0 Å². The first kappa shape index (κ1) is 35.4. The minimum absolute atomic E-state index is 0.0387. The number of aliphatic hydroxyl groups is 1. The van der Waals surface area contributed by atoms with E-state index in [9.17, 15) is 20.0 Å². The summed E-state index contributed by atoms with van der Waals surface area (Å²) in [5.41, 5.74) is -1.89. The number of amides is 2. The molecule has 246 valence electrons. The van der Waals surface area contributed by atoms with Crippen molar-refractivity contribution in [2.24, 2.45) is 0 Å². The number of carbonyl (C=O) groups excluding carboxylic acids is 2. The standard InChI is InChI=1S/C31H49N3O9Si/c1-29(2,3)42-28(37)34-22(19-41-27(34)36)11-12-25(35)31(20-32,33-13-15-40-16-14-33)21-17-23(38-7)26(24(18-21)39-8)43-44(9,10)30(4,5)6/h17-18,22,25,35H,11-16,19H2,1-10H3.